The fourth-order valence-corrected chi connectivity index (χ4v) is 2.36. The van der Waals surface area contributed by atoms with Gasteiger partial charge in [0.15, 0.2) is 0 Å². The van der Waals surface area contributed by atoms with Gasteiger partial charge in [0.1, 0.15) is 0 Å². The lowest BCUT2D eigenvalue weighted by molar-refractivity contribution is 1.08. The molecule has 0 aromatic carbocycles. The SMILES string of the molecule is C[Si](C)(C)C1C=CNC=C1. The van der Waals surface area contributed by atoms with Crippen LogP contribution in [-0.4, -0.2) is 8.07 Å². The van der Waals surface area contributed by atoms with E-state index in [1.54, 1.807) is 0 Å². The van der Waals surface area contributed by atoms with Gasteiger partial charge in [-0.2, -0.15) is 0 Å². The highest BCUT2D eigenvalue weighted by Crippen LogP contribution is 2.25. The number of hydrogen-bond acceptors (Lipinski definition) is 1. The molecule has 1 nitrogen and oxygen atoms in total. The second kappa shape index (κ2) is 2.62. The molecule has 0 radical (unpaired) electrons. The molecule has 0 aliphatic carbocycles. The van der Waals surface area contributed by atoms with Crippen LogP contribution in [0.2, 0.25) is 25.2 Å². The first-order chi connectivity index (χ1) is 4.61. The molecule has 1 aliphatic heterocycles. The molecule has 1 heterocycles. The van der Waals surface area contributed by atoms with Gasteiger partial charge < -0.3 is 5.32 Å². The van der Waals surface area contributed by atoms with Crippen molar-refractivity contribution in [3.8, 4) is 0 Å². The highest BCUT2D eigenvalue weighted by molar-refractivity contribution is 6.78. The van der Waals surface area contributed by atoms with Crippen LogP contribution in [0, 0.1) is 0 Å². The summed E-state index contributed by atoms with van der Waals surface area (Å²) in [7, 11) is -0.970. The first-order valence-electron chi connectivity index (χ1n) is 3.70. The summed E-state index contributed by atoms with van der Waals surface area (Å²) in [5.74, 6) is 0. The third kappa shape index (κ3) is 1.74. The van der Waals surface area contributed by atoms with E-state index in [0.717, 1.165) is 0 Å². The van der Waals surface area contributed by atoms with Gasteiger partial charge >= 0.3 is 0 Å². The number of allylic oxidation sites excluding steroid dienone is 2. The van der Waals surface area contributed by atoms with Gasteiger partial charge in [-0.15, -0.1) is 0 Å². The van der Waals surface area contributed by atoms with Crippen molar-refractivity contribution < 1.29 is 0 Å². The second-order valence-electron chi connectivity index (χ2n) is 3.78. The quantitative estimate of drug-likeness (QED) is 0.570. The fourth-order valence-electron chi connectivity index (χ4n) is 1.02. The Labute approximate surface area is 63.8 Å². The van der Waals surface area contributed by atoms with Crippen LogP contribution in [-0.2, 0) is 0 Å². The Kier molecular flexibility index (Phi) is 1.99. The van der Waals surface area contributed by atoms with Crippen molar-refractivity contribution >= 4 is 8.07 Å². The minimum absolute atomic E-state index is 0.716. The molecule has 0 aromatic heterocycles. The van der Waals surface area contributed by atoms with Crippen molar-refractivity contribution in [2.24, 2.45) is 0 Å². The van der Waals surface area contributed by atoms with Crippen LogP contribution < -0.4 is 5.32 Å². The van der Waals surface area contributed by atoms with Crippen molar-refractivity contribution in [2.75, 3.05) is 0 Å². The molecule has 0 spiro atoms. The lowest BCUT2D eigenvalue weighted by Crippen LogP contribution is -2.27. The summed E-state index contributed by atoms with van der Waals surface area (Å²) >= 11 is 0. The van der Waals surface area contributed by atoms with Gasteiger partial charge in [-0.05, 0) is 17.9 Å². The predicted octanol–water partition coefficient (Wildman–Crippen LogP) is 2.33. The van der Waals surface area contributed by atoms with Crippen LogP contribution in [0.4, 0.5) is 0 Å². The summed E-state index contributed by atoms with van der Waals surface area (Å²) < 4.78 is 0. The smallest absolute Gasteiger partial charge is 0.0559 e. The third-order valence-corrected chi connectivity index (χ3v) is 4.18. The molecular formula is C8H15NSi. The van der Waals surface area contributed by atoms with Gasteiger partial charge in [0.25, 0.3) is 0 Å². The molecule has 0 amide bonds. The van der Waals surface area contributed by atoms with Gasteiger partial charge in [-0.3, -0.25) is 0 Å². The molecule has 1 N–H and O–H groups in total. The third-order valence-electron chi connectivity index (χ3n) is 1.80. The number of rotatable bonds is 1. The van der Waals surface area contributed by atoms with E-state index in [9.17, 15) is 0 Å². The molecular weight excluding hydrogens is 138 g/mol. The Hall–Kier alpha value is -0.503. The summed E-state index contributed by atoms with van der Waals surface area (Å²) in [5, 5.41) is 3.05. The molecule has 0 bridgehead atoms. The number of nitrogens with one attached hydrogen (secondary N) is 1. The Morgan fingerprint density at radius 3 is 1.90 bits per heavy atom. The van der Waals surface area contributed by atoms with Gasteiger partial charge in [0.05, 0.1) is 8.07 Å². The molecule has 10 heavy (non-hydrogen) atoms. The molecule has 1 rings (SSSR count). The Bertz CT molecular complexity index is 153. The summed E-state index contributed by atoms with van der Waals surface area (Å²) in [5.41, 5.74) is 0.716. The van der Waals surface area contributed by atoms with Crippen molar-refractivity contribution in [2.45, 2.75) is 25.2 Å². The molecule has 56 valence electrons. The van der Waals surface area contributed by atoms with E-state index in [-0.39, 0.29) is 0 Å². The zero-order valence-corrected chi connectivity index (χ0v) is 7.89. The summed E-state index contributed by atoms with van der Waals surface area (Å²) in [4.78, 5) is 0. The fraction of sp³-hybridized carbons (Fsp3) is 0.500. The van der Waals surface area contributed by atoms with Crippen molar-refractivity contribution in [1.29, 1.82) is 0 Å². The van der Waals surface area contributed by atoms with Gasteiger partial charge in [-0.1, -0.05) is 31.8 Å². The van der Waals surface area contributed by atoms with E-state index >= 15 is 0 Å². The Balaban J connectivity index is 2.64. The lowest BCUT2D eigenvalue weighted by atomic mass is 10.3. The van der Waals surface area contributed by atoms with E-state index in [1.807, 2.05) is 12.4 Å². The Morgan fingerprint density at radius 2 is 1.60 bits per heavy atom. The summed E-state index contributed by atoms with van der Waals surface area (Å²) in [6, 6.07) is 0. The molecule has 0 saturated carbocycles. The average molecular weight is 153 g/mol. The van der Waals surface area contributed by atoms with Crippen LogP contribution in [0.3, 0.4) is 0 Å². The van der Waals surface area contributed by atoms with E-state index in [4.69, 9.17) is 0 Å². The van der Waals surface area contributed by atoms with Crippen LogP contribution in [0.5, 0.6) is 0 Å². The minimum Gasteiger partial charge on any atom is -0.368 e. The van der Waals surface area contributed by atoms with E-state index < -0.39 is 8.07 Å². The largest absolute Gasteiger partial charge is 0.368 e. The van der Waals surface area contributed by atoms with Gasteiger partial charge in [-0.25, -0.2) is 0 Å². The van der Waals surface area contributed by atoms with E-state index in [0.29, 0.717) is 5.54 Å². The monoisotopic (exact) mass is 153 g/mol. The molecule has 0 aromatic rings. The van der Waals surface area contributed by atoms with Crippen LogP contribution >= 0.6 is 0 Å². The highest BCUT2D eigenvalue weighted by Gasteiger charge is 2.22. The zero-order chi connectivity index (χ0) is 7.61. The van der Waals surface area contributed by atoms with Gasteiger partial charge in [0.2, 0.25) is 0 Å². The second-order valence-corrected chi connectivity index (χ2v) is 9.18. The van der Waals surface area contributed by atoms with Crippen molar-refractivity contribution in [3.63, 3.8) is 0 Å². The predicted molar refractivity (Wildman–Crippen MR) is 48.5 cm³/mol. The minimum atomic E-state index is -0.970. The number of hydrogen-bond donors (Lipinski definition) is 1. The maximum absolute atomic E-state index is 3.05. The molecule has 0 unspecified atom stereocenters. The molecule has 0 saturated heterocycles. The van der Waals surface area contributed by atoms with Crippen LogP contribution in [0.15, 0.2) is 24.6 Å². The standard InChI is InChI=1S/C8H15NSi/c1-10(2,3)8-4-6-9-7-5-8/h4-9H,1-3H3. The van der Waals surface area contributed by atoms with E-state index in [2.05, 4.69) is 37.1 Å². The maximum atomic E-state index is 3.05. The normalized spacial score (nSPS) is 19.1. The summed E-state index contributed by atoms with van der Waals surface area (Å²) in [6.45, 7) is 7.16. The van der Waals surface area contributed by atoms with Crippen LogP contribution in [0.1, 0.15) is 0 Å². The first kappa shape index (κ1) is 7.60. The molecule has 1 aliphatic rings. The average Bonchev–Trinajstić information content (AvgIpc) is 1.88. The molecule has 0 fully saturated rings. The van der Waals surface area contributed by atoms with Crippen molar-refractivity contribution in [1.82, 2.24) is 5.32 Å². The highest BCUT2D eigenvalue weighted by atomic mass is 28.3. The molecule has 0 atom stereocenters. The Morgan fingerprint density at radius 1 is 1.10 bits per heavy atom. The molecule has 2 heteroatoms. The summed E-state index contributed by atoms with van der Waals surface area (Å²) in [6.07, 6.45) is 8.57. The van der Waals surface area contributed by atoms with Gasteiger partial charge in [0, 0.05) is 0 Å². The van der Waals surface area contributed by atoms with E-state index in [1.165, 1.54) is 0 Å². The first-order valence-corrected chi connectivity index (χ1v) is 7.28. The van der Waals surface area contributed by atoms with Crippen molar-refractivity contribution in [3.05, 3.63) is 24.6 Å². The maximum Gasteiger partial charge on any atom is 0.0559 e. The number of dihydropyridines is 1. The lowest BCUT2D eigenvalue weighted by Gasteiger charge is -2.24. The van der Waals surface area contributed by atoms with Crippen LogP contribution in [0.25, 0.3) is 0 Å². The topological polar surface area (TPSA) is 12.0 Å². The zero-order valence-electron chi connectivity index (χ0n) is 6.89.